The predicted molar refractivity (Wildman–Crippen MR) is 60.0 cm³/mol. The quantitative estimate of drug-likeness (QED) is 0.426. The summed E-state index contributed by atoms with van der Waals surface area (Å²) in [6.07, 6.45) is 3.26. The molecule has 1 radical (unpaired) electrons. The molecule has 0 aliphatic carbocycles. The van der Waals surface area contributed by atoms with E-state index in [1.807, 2.05) is 30.3 Å². The lowest BCUT2D eigenvalue weighted by atomic mass is 10.00. The fraction of sp³-hybridized carbons (Fsp3) is 0.231. The molecule has 0 amide bonds. The van der Waals surface area contributed by atoms with Crippen LogP contribution in [-0.4, -0.2) is 12.1 Å². The lowest BCUT2D eigenvalue weighted by Crippen LogP contribution is -2.10. The minimum atomic E-state index is -0.179. The van der Waals surface area contributed by atoms with Crippen molar-refractivity contribution in [3.05, 3.63) is 41.5 Å². The Kier molecular flexibility index (Phi) is 3.98. The average molecular weight is 201 g/mol. The summed E-state index contributed by atoms with van der Waals surface area (Å²) in [5.41, 5.74) is 0.945. The number of ketones is 1. The molecular formula is C13H13O2. The van der Waals surface area contributed by atoms with E-state index in [-0.39, 0.29) is 17.3 Å². The maximum atomic E-state index is 11.5. The number of carbonyl (C=O) groups excluding carboxylic acids is 2. The molecule has 0 saturated carbocycles. The standard InChI is InChI=1S/C13H13O2/c1-10(2)13(15)12(9-14)8-11-6-4-3-5-7-11/h3-8,10H,1-2H3. The van der Waals surface area contributed by atoms with Gasteiger partial charge in [0, 0.05) is 5.92 Å². The molecular weight excluding hydrogens is 188 g/mol. The number of rotatable bonds is 4. The SMILES string of the molecule is CC(C)C(=O)C([C]=O)=Cc1ccccc1. The maximum Gasteiger partial charge on any atom is 0.237 e. The topological polar surface area (TPSA) is 34.1 Å². The second-order valence-corrected chi connectivity index (χ2v) is 3.59. The van der Waals surface area contributed by atoms with Crippen molar-refractivity contribution < 1.29 is 9.59 Å². The van der Waals surface area contributed by atoms with Gasteiger partial charge >= 0.3 is 0 Å². The van der Waals surface area contributed by atoms with E-state index in [2.05, 4.69) is 0 Å². The van der Waals surface area contributed by atoms with E-state index in [4.69, 9.17) is 0 Å². The van der Waals surface area contributed by atoms with Crippen LogP contribution in [0.15, 0.2) is 35.9 Å². The van der Waals surface area contributed by atoms with Gasteiger partial charge in [-0.3, -0.25) is 9.59 Å². The number of carbonyl (C=O) groups is 1. The lowest BCUT2D eigenvalue weighted by molar-refractivity contribution is -0.117. The molecule has 1 aromatic carbocycles. The van der Waals surface area contributed by atoms with Crippen LogP contribution in [0.3, 0.4) is 0 Å². The molecule has 0 heterocycles. The highest BCUT2D eigenvalue weighted by Gasteiger charge is 2.13. The Morgan fingerprint density at radius 2 is 1.87 bits per heavy atom. The number of allylic oxidation sites excluding steroid dienone is 1. The Balaban J connectivity index is 2.98. The maximum absolute atomic E-state index is 11.5. The monoisotopic (exact) mass is 201 g/mol. The molecule has 1 rings (SSSR count). The van der Waals surface area contributed by atoms with Crippen LogP contribution in [0.1, 0.15) is 19.4 Å². The highest BCUT2D eigenvalue weighted by atomic mass is 16.1. The fourth-order valence-electron chi connectivity index (χ4n) is 1.18. The van der Waals surface area contributed by atoms with Gasteiger partial charge in [0.2, 0.25) is 6.29 Å². The van der Waals surface area contributed by atoms with E-state index in [0.29, 0.717) is 0 Å². The van der Waals surface area contributed by atoms with Gasteiger partial charge in [0.05, 0.1) is 5.57 Å². The summed E-state index contributed by atoms with van der Waals surface area (Å²) < 4.78 is 0. The van der Waals surface area contributed by atoms with Gasteiger partial charge in [0.1, 0.15) is 0 Å². The first-order chi connectivity index (χ1) is 7.15. The fourth-order valence-corrected chi connectivity index (χ4v) is 1.18. The molecule has 77 valence electrons. The lowest BCUT2D eigenvalue weighted by Gasteiger charge is -2.02. The van der Waals surface area contributed by atoms with Crippen molar-refractivity contribution in [2.45, 2.75) is 13.8 Å². The van der Waals surface area contributed by atoms with E-state index in [1.165, 1.54) is 0 Å². The van der Waals surface area contributed by atoms with Crippen molar-refractivity contribution in [1.82, 2.24) is 0 Å². The molecule has 0 aliphatic heterocycles. The van der Waals surface area contributed by atoms with Crippen LogP contribution in [0.4, 0.5) is 0 Å². The molecule has 0 saturated heterocycles. The Bertz CT molecular complexity index is 375. The van der Waals surface area contributed by atoms with Crippen LogP contribution in [0.2, 0.25) is 0 Å². The zero-order valence-electron chi connectivity index (χ0n) is 8.86. The van der Waals surface area contributed by atoms with Gasteiger partial charge in [-0.15, -0.1) is 0 Å². The highest BCUT2D eigenvalue weighted by molar-refractivity contribution is 6.16. The van der Waals surface area contributed by atoms with E-state index < -0.39 is 0 Å². The summed E-state index contributed by atoms with van der Waals surface area (Å²) in [6.45, 7) is 3.52. The molecule has 0 bridgehead atoms. The Morgan fingerprint density at radius 1 is 1.27 bits per heavy atom. The van der Waals surface area contributed by atoms with Gasteiger partial charge in [-0.25, -0.2) is 0 Å². The van der Waals surface area contributed by atoms with E-state index in [9.17, 15) is 9.59 Å². The molecule has 1 aromatic rings. The van der Waals surface area contributed by atoms with Gasteiger partial charge in [-0.2, -0.15) is 0 Å². The van der Waals surface area contributed by atoms with Gasteiger partial charge in [-0.05, 0) is 11.6 Å². The molecule has 0 atom stereocenters. The third-order valence-corrected chi connectivity index (χ3v) is 2.01. The zero-order valence-corrected chi connectivity index (χ0v) is 8.86. The Morgan fingerprint density at radius 3 is 2.33 bits per heavy atom. The van der Waals surface area contributed by atoms with Crippen LogP contribution in [0.25, 0.3) is 6.08 Å². The predicted octanol–water partition coefficient (Wildman–Crippen LogP) is 2.40. The molecule has 0 aromatic heterocycles. The second-order valence-electron chi connectivity index (χ2n) is 3.59. The third-order valence-electron chi connectivity index (χ3n) is 2.01. The van der Waals surface area contributed by atoms with Crippen molar-refractivity contribution in [2.24, 2.45) is 5.92 Å². The molecule has 0 aliphatic rings. The van der Waals surface area contributed by atoms with Crippen molar-refractivity contribution in [3.8, 4) is 0 Å². The number of Topliss-reactive ketones (excluding diaryl/α,β-unsaturated/α-hetero) is 1. The smallest absolute Gasteiger partial charge is 0.237 e. The van der Waals surface area contributed by atoms with Gasteiger partial charge in [-0.1, -0.05) is 44.2 Å². The molecule has 0 spiro atoms. The van der Waals surface area contributed by atoms with Crippen LogP contribution in [0.5, 0.6) is 0 Å². The first-order valence-corrected chi connectivity index (χ1v) is 4.84. The summed E-state index contributed by atoms with van der Waals surface area (Å²) in [6, 6.07) is 9.27. The molecule has 15 heavy (non-hydrogen) atoms. The molecule has 0 fully saturated rings. The largest absolute Gasteiger partial charge is 0.294 e. The van der Waals surface area contributed by atoms with Crippen LogP contribution in [0, 0.1) is 5.92 Å². The van der Waals surface area contributed by atoms with Gasteiger partial charge in [0.25, 0.3) is 0 Å². The summed E-state index contributed by atoms with van der Waals surface area (Å²) in [4.78, 5) is 22.2. The number of hydrogen-bond donors (Lipinski definition) is 0. The minimum Gasteiger partial charge on any atom is -0.294 e. The van der Waals surface area contributed by atoms with Crippen LogP contribution >= 0.6 is 0 Å². The molecule has 2 heteroatoms. The molecule has 2 nitrogen and oxygen atoms in total. The van der Waals surface area contributed by atoms with E-state index in [1.54, 1.807) is 26.2 Å². The van der Waals surface area contributed by atoms with Crippen LogP contribution < -0.4 is 0 Å². The third kappa shape index (κ3) is 3.17. The summed E-state index contributed by atoms with van der Waals surface area (Å²) in [5, 5.41) is 0. The normalized spacial score (nSPS) is 11.5. The molecule has 0 unspecified atom stereocenters. The van der Waals surface area contributed by atoms with Crippen molar-refractivity contribution in [1.29, 1.82) is 0 Å². The minimum absolute atomic E-state index is 0.108. The average Bonchev–Trinajstić information content (AvgIpc) is 2.26. The number of hydrogen-bond acceptors (Lipinski definition) is 2. The molecule has 0 N–H and O–H groups in total. The van der Waals surface area contributed by atoms with Gasteiger partial charge in [0.15, 0.2) is 5.78 Å². The first kappa shape index (κ1) is 11.4. The second kappa shape index (κ2) is 5.25. The summed E-state index contributed by atoms with van der Waals surface area (Å²) >= 11 is 0. The Hall–Kier alpha value is -1.70. The van der Waals surface area contributed by atoms with Crippen molar-refractivity contribution in [2.75, 3.05) is 0 Å². The summed E-state index contributed by atoms with van der Waals surface area (Å²) in [5.74, 6) is -0.352. The van der Waals surface area contributed by atoms with Crippen molar-refractivity contribution >= 4 is 18.1 Å². The summed E-state index contributed by atoms with van der Waals surface area (Å²) in [7, 11) is 0. The zero-order chi connectivity index (χ0) is 11.3. The van der Waals surface area contributed by atoms with Crippen molar-refractivity contribution in [3.63, 3.8) is 0 Å². The number of benzene rings is 1. The Labute approximate surface area is 89.6 Å². The highest BCUT2D eigenvalue weighted by Crippen LogP contribution is 2.09. The first-order valence-electron chi connectivity index (χ1n) is 4.84. The van der Waals surface area contributed by atoms with E-state index in [0.717, 1.165) is 5.56 Å². The van der Waals surface area contributed by atoms with E-state index >= 15 is 0 Å². The van der Waals surface area contributed by atoms with Gasteiger partial charge < -0.3 is 0 Å². The van der Waals surface area contributed by atoms with Crippen LogP contribution in [-0.2, 0) is 9.59 Å².